The van der Waals surface area contributed by atoms with Gasteiger partial charge in [-0.05, 0) is 13.0 Å². The third-order valence-electron chi connectivity index (χ3n) is 2.86. The van der Waals surface area contributed by atoms with Crippen LogP contribution in [0.2, 0.25) is 0 Å². The van der Waals surface area contributed by atoms with Crippen molar-refractivity contribution in [1.29, 1.82) is 0 Å². The van der Waals surface area contributed by atoms with Crippen molar-refractivity contribution in [3.8, 4) is 0 Å². The summed E-state index contributed by atoms with van der Waals surface area (Å²) in [6.07, 6.45) is 0. The van der Waals surface area contributed by atoms with Crippen LogP contribution in [0.4, 0.5) is 4.39 Å². The normalized spacial score (nSPS) is 11.8. The molecule has 1 aromatic carbocycles. The van der Waals surface area contributed by atoms with Crippen LogP contribution in [0.3, 0.4) is 0 Å². The van der Waals surface area contributed by atoms with Gasteiger partial charge in [0, 0.05) is 23.4 Å². The van der Waals surface area contributed by atoms with E-state index < -0.39 is 22.4 Å². The number of rotatable bonds is 5. The average Bonchev–Trinajstić information content (AvgIpc) is 2.79. The fourth-order valence-corrected chi connectivity index (χ4v) is 2.91. The summed E-state index contributed by atoms with van der Waals surface area (Å²) >= 11 is 0. The maximum absolute atomic E-state index is 13.4. The highest BCUT2D eigenvalue weighted by atomic mass is 32.2. The molecule has 0 spiro atoms. The van der Waals surface area contributed by atoms with Gasteiger partial charge in [0.25, 0.3) is 10.0 Å². The fourth-order valence-electron chi connectivity index (χ4n) is 1.72. The van der Waals surface area contributed by atoms with Gasteiger partial charge in [0.2, 0.25) is 0 Å². The Kier molecular flexibility index (Phi) is 4.17. The molecule has 1 aromatic heterocycles. The number of aliphatic hydroxyl groups excluding tert-OH is 1. The van der Waals surface area contributed by atoms with E-state index in [-0.39, 0.29) is 22.7 Å². The lowest BCUT2D eigenvalue weighted by Crippen LogP contribution is -2.25. The summed E-state index contributed by atoms with van der Waals surface area (Å²) in [5, 5.41) is 15.1. The molecule has 0 aliphatic carbocycles. The highest BCUT2D eigenvalue weighted by Crippen LogP contribution is 2.16. The van der Waals surface area contributed by atoms with E-state index >= 15 is 0 Å². The molecule has 6 nitrogen and oxygen atoms in total. The number of hydrogen-bond acceptors (Lipinski definition) is 4. The van der Waals surface area contributed by atoms with E-state index in [1.54, 1.807) is 13.0 Å². The molecule has 1 heterocycles. The zero-order valence-electron chi connectivity index (χ0n) is 10.7. The Morgan fingerprint density at radius 2 is 2.10 bits per heavy atom. The lowest BCUT2D eigenvalue weighted by atomic mass is 10.2. The molecule has 0 unspecified atom stereocenters. The van der Waals surface area contributed by atoms with Crippen LogP contribution in [0.25, 0.3) is 0 Å². The van der Waals surface area contributed by atoms with Crippen molar-refractivity contribution in [1.82, 2.24) is 14.9 Å². The monoisotopic (exact) mass is 299 g/mol. The second kappa shape index (κ2) is 5.70. The maximum Gasteiger partial charge on any atom is 0.260 e. The molecule has 2 aromatic rings. The van der Waals surface area contributed by atoms with Gasteiger partial charge in [-0.15, -0.1) is 0 Å². The zero-order chi connectivity index (χ0) is 14.8. The van der Waals surface area contributed by atoms with Gasteiger partial charge < -0.3 is 5.11 Å². The van der Waals surface area contributed by atoms with Crippen LogP contribution in [-0.4, -0.2) is 23.7 Å². The molecule has 2 rings (SSSR count). The third-order valence-corrected chi connectivity index (χ3v) is 4.23. The minimum absolute atomic E-state index is 0.189. The fraction of sp³-hybridized carbons (Fsp3) is 0.250. The van der Waals surface area contributed by atoms with Gasteiger partial charge in [-0.2, -0.15) is 5.10 Å². The summed E-state index contributed by atoms with van der Waals surface area (Å²) in [7, 11) is -3.92. The van der Waals surface area contributed by atoms with Crippen molar-refractivity contribution in [2.24, 2.45) is 0 Å². The molecule has 0 saturated heterocycles. The molecule has 0 aliphatic heterocycles. The van der Waals surface area contributed by atoms with Crippen LogP contribution in [0, 0.1) is 12.7 Å². The Bertz CT molecular complexity index is 712. The predicted molar refractivity (Wildman–Crippen MR) is 69.7 cm³/mol. The van der Waals surface area contributed by atoms with E-state index in [4.69, 9.17) is 5.11 Å². The van der Waals surface area contributed by atoms with Gasteiger partial charge in [-0.3, -0.25) is 5.10 Å². The van der Waals surface area contributed by atoms with Crippen LogP contribution in [0.1, 0.15) is 16.8 Å². The summed E-state index contributed by atoms with van der Waals surface area (Å²) in [6, 6.07) is 5.88. The lowest BCUT2D eigenvalue weighted by molar-refractivity contribution is 0.277. The number of benzene rings is 1. The molecular formula is C12H14FN3O3S. The predicted octanol–water partition coefficient (Wildman–Crippen LogP) is 0.828. The number of aromatic nitrogens is 2. The van der Waals surface area contributed by atoms with Crippen LogP contribution in [0.15, 0.2) is 29.3 Å². The van der Waals surface area contributed by atoms with E-state index in [1.807, 2.05) is 0 Å². The van der Waals surface area contributed by atoms with Gasteiger partial charge in [0.15, 0.2) is 5.03 Å². The molecule has 20 heavy (non-hydrogen) atoms. The number of aromatic amines is 1. The minimum atomic E-state index is -3.92. The maximum atomic E-state index is 13.4. The molecule has 0 bridgehead atoms. The Labute approximate surface area is 115 Å². The SMILES string of the molecule is Cc1[nH]nc(S(=O)(=O)NCc2ccccc2F)c1CO. The molecular weight excluding hydrogens is 285 g/mol. The van der Waals surface area contributed by atoms with Crippen molar-refractivity contribution < 1.29 is 17.9 Å². The topological polar surface area (TPSA) is 95.1 Å². The largest absolute Gasteiger partial charge is 0.392 e. The van der Waals surface area contributed by atoms with Gasteiger partial charge in [-0.1, -0.05) is 18.2 Å². The quantitative estimate of drug-likeness (QED) is 0.762. The Balaban J connectivity index is 2.22. The van der Waals surface area contributed by atoms with Crippen LogP contribution in [-0.2, 0) is 23.2 Å². The number of H-pyrrole nitrogens is 1. The first-order chi connectivity index (χ1) is 9.45. The highest BCUT2D eigenvalue weighted by Gasteiger charge is 2.23. The van der Waals surface area contributed by atoms with Crippen molar-refractivity contribution >= 4 is 10.0 Å². The molecule has 8 heteroatoms. The third kappa shape index (κ3) is 2.87. The summed E-state index contributed by atoms with van der Waals surface area (Å²) in [5.74, 6) is -0.490. The van der Waals surface area contributed by atoms with Crippen molar-refractivity contribution in [2.45, 2.75) is 25.1 Å². The molecule has 0 aliphatic rings. The number of nitrogens with one attached hydrogen (secondary N) is 2. The van der Waals surface area contributed by atoms with Gasteiger partial charge in [0.1, 0.15) is 5.82 Å². The molecule has 0 radical (unpaired) electrons. The Morgan fingerprint density at radius 1 is 1.40 bits per heavy atom. The van der Waals surface area contributed by atoms with Crippen molar-refractivity contribution in [3.05, 3.63) is 46.9 Å². The number of halogens is 1. The van der Waals surface area contributed by atoms with E-state index in [1.165, 1.54) is 18.2 Å². The number of aliphatic hydroxyl groups is 1. The Hall–Kier alpha value is -1.77. The lowest BCUT2D eigenvalue weighted by Gasteiger charge is -2.06. The van der Waals surface area contributed by atoms with Gasteiger partial charge in [-0.25, -0.2) is 17.5 Å². The summed E-state index contributed by atoms with van der Waals surface area (Å²) in [6.45, 7) is 0.971. The summed E-state index contributed by atoms with van der Waals surface area (Å²) in [4.78, 5) is 0. The summed E-state index contributed by atoms with van der Waals surface area (Å²) in [5.41, 5.74) is 0.902. The molecule has 108 valence electrons. The van der Waals surface area contributed by atoms with Crippen LogP contribution < -0.4 is 4.72 Å². The van der Waals surface area contributed by atoms with Gasteiger partial charge in [0.05, 0.1) is 6.61 Å². The number of nitrogens with zero attached hydrogens (tertiary/aromatic N) is 1. The van der Waals surface area contributed by atoms with E-state index in [0.717, 1.165) is 0 Å². The highest BCUT2D eigenvalue weighted by molar-refractivity contribution is 7.89. The second-order valence-electron chi connectivity index (χ2n) is 4.21. The number of sulfonamides is 1. The van der Waals surface area contributed by atoms with Crippen LogP contribution >= 0.6 is 0 Å². The van der Waals surface area contributed by atoms with E-state index in [9.17, 15) is 12.8 Å². The second-order valence-corrected chi connectivity index (χ2v) is 5.89. The molecule has 0 amide bonds. The smallest absolute Gasteiger partial charge is 0.260 e. The van der Waals surface area contributed by atoms with Crippen molar-refractivity contribution in [2.75, 3.05) is 0 Å². The van der Waals surface area contributed by atoms with E-state index in [2.05, 4.69) is 14.9 Å². The first-order valence-corrected chi connectivity index (χ1v) is 7.32. The molecule has 0 atom stereocenters. The van der Waals surface area contributed by atoms with E-state index in [0.29, 0.717) is 5.69 Å². The number of aryl methyl sites for hydroxylation is 1. The number of hydrogen-bond donors (Lipinski definition) is 3. The minimum Gasteiger partial charge on any atom is -0.392 e. The molecule has 0 saturated carbocycles. The van der Waals surface area contributed by atoms with Crippen molar-refractivity contribution in [3.63, 3.8) is 0 Å². The van der Waals surface area contributed by atoms with Gasteiger partial charge >= 0.3 is 0 Å². The zero-order valence-corrected chi connectivity index (χ0v) is 11.5. The average molecular weight is 299 g/mol. The van der Waals surface area contributed by atoms with Crippen LogP contribution in [0.5, 0.6) is 0 Å². The molecule has 0 fully saturated rings. The molecule has 3 N–H and O–H groups in total. The first-order valence-electron chi connectivity index (χ1n) is 5.83. The Morgan fingerprint density at radius 3 is 2.75 bits per heavy atom. The standard InChI is InChI=1S/C12H14FN3O3S/c1-8-10(7-17)12(16-15-8)20(18,19)14-6-9-4-2-3-5-11(9)13/h2-5,14,17H,6-7H2,1H3,(H,15,16). The first kappa shape index (κ1) is 14.6. The summed E-state index contributed by atoms with van der Waals surface area (Å²) < 4.78 is 39.8.